The number of aliphatic hydroxyl groups excluding tert-OH is 1. The number of esters is 1. The molecule has 2 aromatic carbocycles. The predicted molar refractivity (Wildman–Crippen MR) is 85.2 cm³/mol. The van der Waals surface area contributed by atoms with Crippen LogP contribution < -0.4 is 5.32 Å². The second kappa shape index (κ2) is 8.79. The molecule has 0 fully saturated rings. The minimum absolute atomic E-state index is 0.185. The van der Waals surface area contributed by atoms with Gasteiger partial charge in [0.25, 0.3) is 5.91 Å². The molecule has 0 aliphatic rings. The molecular weight excluding hydrogens is 389 g/mol. The molecule has 150 valence electrons. The SMILES string of the molecule is CC(=O)O[C@H](C(=O)NC(CO)c1c(F)c(F)c(F)c(F)c1F)c1ccccc1. The van der Waals surface area contributed by atoms with Gasteiger partial charge in [0, 0.05) is 12.5 Å². The zero-order chi connectivity index (χ0) is 21.0. The number of carbonyl (C=O) groups excluding carboxylic acids is 2. The molecule has 0 spiro atoms. The van der Waals surface area contributed by atoms with Gasteiger partial charge < -0.3 is 15.2 Å². The zero-order valence-electron chi connectivity index (χ0n) is 14.3. The molecule has 0 aromatic heterocycles. The first kappa shape index (κ1) is 21.3. The van der Waals surface area contributed by atoms with E-state index in [1.807, 2.05) is 5.32 Å². The predicted octanol–water partition coefficient (Wildman–Crippen LogP) is 2.84. The van der Waals surface area contributed by atoms with Crippen molar-refractivity contribution >= 4 is 11.9 Å². The molecule has 28 heavy (non-hydrogen) atoms. The molecule has 0 aliphatic carbocycles. The van der Waals surface area contributed by atoms with E-state index < -0.39 is 65.3 Å². The van der Waals surface area contributed by atoms with E-state index >= 15 is 0 Å². The van der Waals surface area contributed by atoms with Crippen LogP contribution in [0, 0.1) is 29.1 Å². The molecule has 0 bridgehead atoms. The van der Waals surface area contributed by atoms with E-state index in [0.717, 1.165) is 6.92 Å². The number of ether oxygens (including phenoxy) is 1. The summed E-state index contributed by atoms with van der Waals surface area (Å²) in [5.74, 6) is -13.2. The van der Waals surface area contributed by atoms with Crippen LogP contribution in [-0.4, -0.2) is 23.6 Å². The van der Waals surface area contributed by atoms with Crippen molar-refractivity contribution in [3.63, 3.8) is 0 Å². The Hall–Kier alpha value is -3.01. The summed E-state index contributed by atoms with van der Waals surface area (Å²) in [6.45, 7) is -0.178. The van der Waals surface area contributed by atoms with Gasteiger partial charge in [0.05, 0.1) is 18.2 Å². The molecule has 2 N–H and O–H groups in total. The number of nitrogens with one attached hydrogen (secondary N) is 1. The number of rotatable bonds is 6. The molecule has 0 saturated heterocycles. The maximum Gasteiger partial charge on any atom is 0.303 e. The summed E-state index contributed by atoms with van der Waals surface area (Å²) in [6, 6.07) is 5.50. The van der Waals surface area contributed by atoms with Gasteiger partial charge in [-0.25, -0.2) is 22.0 Å². The average molecular weight is 403 g/mol. The minimum Gasteiger partial charge on any atom is -0.447 e. The van der Waals surface area contributed by atoms with E-state index in [2.05, 4.69) is 0 Å². The lowest BCUT2D eigenvalue weighted by Crippen LogP contribution is -2.37. The first-order chi connectivity index (χ1) is 13.2. The summed E-state index contributed by atoms with van der Waals surface area (Å²) in [5, 5.41) is 11.3. The topological polar surface area (TPSA) is 75.6 Å². The number of aliphatic hydroxyl groups is 1. The Labute approximate surface area is 155 Å². The van der Waals surface area contributed by atoms with Gasteiger partial charge in [0.15, 0.2) is 23.3 Å². The Morgan fingerprint density at radius 2 is 1.46 bits per heavy atom. The normalized spacial score (nSPS) is 13.0. The zero-order valence-corrected chi connectivity index (χ0v) is 14.3. The van der Waals surface area contributed by atoms with Crippen molar-refractivity contribution in [3.8, 4) is 0 Å². The third-order valence-corrected chi connectivity index (χ3v) is 3.72. The molecule has 5 nitrogen and oxygen atoms in total. The summed E-state index contributed by atoms with van der Waals surface area (Å²) in [4.78, 5) is 23.8. The monoisotopic (exact) mass is 403 g/mol. The fraction of sp³-hybridized carbons (Fsp3) is 0.222. The van der Waals surface area contributed by atoms with Crippen LogP contribution in [0.4, 0.5) is 22.0 Å². The Morgan fingerprint density at radius 1 is 0.964 bits per heavy atom. The Balaban J connectivity index is 2.41. The van der Waals surface area contributed by atoms with E-state index in [4.69, 9.17) is 4.74 Å². The standard InChI is InChI=1S/C18H14F5NO4/c1-8(26)28-17(9-5-3-2-4-6-9)18(27)24-10(7-25)11-12(19)14(21)16(23)15(22)13(11)20/h2-6,10,17,25H,7H2,1H3,(H,24,27)/t10?,17-/m0/s1. The molecule has 0 heterocycles. The summed E-state index contributed by atoms with van der Waals surface area (Å²) in [7, 11) is 0. The second-order valence-electron chi connectivity index (χ2n) is 5.63. The van der Waals surface area contributed by atoms with Crippen LogP contribution in [-0.2, 0) is 14.3 Å². The fourth-order valence-corrected chi connectivity index (χ4v) is 2.45. The van der Waals surface area contributed by atoms with Gasteiger partial charge in [0.1, 0.15) is 0 Å². The number of hydrogen-bond donors (Lipinski definition) is 2. The van der Waals surface area contributed by atoms with Crippen molar-refractivity contribution in [2.75, 3.05) is 6.61 Å². The molecule has 0 saturated carbocycles. The Morgan fingerprint density at radius 3 is 1.93 bits per heavy atom. The molecule has 2 aromatic rings. The average Bonchev–Trinajstić information content (AvgIpc) is 2.68. The van der Waals surface area contributed by atoms with Crippen LogP contribution in [0.25, 0.3) is 0 Å². The van der Waals surface area contributed by atoms with E-state index in [0.29, 0.717) is 0 Å². The van der Waals surface area contributed by atoms with Gasteiger partial charge in [-0.15, -0.1) is 0 Å². The molecule has 0 aliphatic heterocycles. The van der Waals surface area contributed by atoms with Gasteiger partial charge in [-0.05, 0) is 0 Å². The quantitative estimate of drug-likeness (QED) is 0.337. The number of amides is 1. The number of hydrogen-bond acceptors (Lipinski definition) is 4. The van der Waals surface area contributed by atoms with Crippen molar-refractivity contribution in [1.82, 2.24) is 5.32 Å². The van der Waals surface area contributed by atoms with Crippen molar-refractivity contribution < 1.29 is 41.4 Å². The van der Waals surface area contributed by atoms with Crippen LogP contribution in [0.15, 0.2) is 30.3 Å². The smallest absolute Gasteiger partial charge is 0.303 e. The summed E-state index contributed by atoms with van der Waals surface area (Å²) >= 11 is 0. The van der Waals surface area contributed by atoms with Crippen LogP contribution >= 0.6 is 0 Å². The Kier molecular flexibility index (Phi) is 6.68. The molecule has 1 unspecified atom stereocenters. The second-order valence-corrected chi connectivity index (χ2v) is 5.63. The van der Waals surface area contributed by atoms with Crippen molar-refractivity contribution in [3.05, 3.63) is 70.5 Å². The summed E-state index contributed by atoms with van der Waals surface area (Å²) < 4.78 is 72.8. The first-order valence-corrected chi connectivity index (χ1v) is 7.83. The number of benzene rings is 2. The molecule has 1 amide bonds. The summed E-state index contributed by atoms with van der Waals surface area (Å²) in [5.41, 5.74) is -1.23. The third-order valence-electron chi connectivity index (χ3n) is 3.72. The number of carbonyl (C=O) groups is 2. The first-order valence-electron chi connectivity index (χ1n) is 7.83. The van der Waals surface area contributed by atoms with Crippen molar-refractivity contribution in [1.29, 1.82) is 0 Å². The Bertz CT molecular complexity index is 862. The van der Waals surface area contributed by atoms with E-state index in [1.165, 1.54) is 24.3 Å². The highest BCUT2D eigenvalue weighted by molar-refractivity contribution is 5.85. The van der Waals surface area contributed by atoms with Gasteiger partial charge in [-0.3, -0.25) is 9.59 Å². The lowest BCUT2D eigenvalue weighted by molar-refractivity contribution is -0.154. The molecule has 2 rings (SSSR count). The molecular formula is C18H14F5NO4. The lowest BCUT2D eigenvalue weighted by Gasteiger charge is -2.23. The van der Waals surface area contributed by atoms with Gasteiger partial charge in [-0.2, -0.15) is 0 Å². The van der Waals surface area contributed by atoms with Crippen molar-refractivity contribution in [2.24, 2.45) is 0 Å². The maximum absolute atomic E-state index is 14.0. The highest BCUT2D eigenvalue weighted by atomic mass is 19.2. The van der Waals surface area contributed by atoms with E-state index in [1.54, 1.807) is 6.07 Å². The van der Waals surface area contributed by atoms with Crippen LogP contribution in [0.1, 0.15) is 30.2 Å². The van der Waals surface area contributed by atoms with Crippen molar-refractivity contribution in [2.45, 2.75) is 19.1 Å². The maximum atomic E-state index is 14.0. The van der Waals surface area contributed by atoms with E-state index in [-0.39, 0.29) is 5.56 Å². The van der Waals surface area contributed by atoms with Gasteiger partial charge >= 0.3 is 5.97 Å². The fourth-order valence-electron chi connectivity index (χ4n) is 2.45. The van der Waals surface area contributed by atoms with Crippen LogP contribution in [0.3, 0.4) is 0 Å². The van der Waals surface area contributed by atoms with Crippen LogP contribution in [0.2, 0.25) is 0 Å². The largest absolute Gasteiger partial charge is 0.447 e. The highest BCUT2D eigenvalue weighted by Crippen LogP contribution is 2.28. The highest BCUT2D eigenvalue weighted by Gasteiger charge is 2.33. The molecule has 2 atom stereocenters. The third kappa shape index (κ3) is 4.28. The molecule has 0 radical (unpaired) electrons. The number of halogens is 5. The summed E-state index contributed by atoms with van der Waals surface area (Å²) in [6.07, 6.45) is -1.57. The van der Waals surface area contributed by atoms with Gasteiger partial charge in [-0.1, -0.05) is 30.3 Å². The van der Waals surface area contributed by atoms with Crippen LogP contribution in [0.5, 0.6) is 0 Å². The minimum atomic E-state index is -2.37. The lowest BCUT2D eigenvalue weighted by atomic mass is 10.0. The van der Waals surface area contributed by atoms with E-state index in [9.17, 15) is 36.6 Å². The molecule has 10 heteroatoms. The van der Waals surface area contributed by atoms with Gasteiger partial charge in [0.2, 0.25) is 11.9 Å².